The van der Waals surface area contributed by atoms with E-state index in [1.807, 2.05) is 18.2 Å². The Kier molecular flexibility index (Phi) is 5.44. The van der Waals surface area contributed by atoms with E-state index < -0.39 is 0 Å². The highest BCUT2D eigenvalue weighted by atomic mass is 16.5. The maximum atomic E-state index is 12.0. The molecule has 5 nitrogen and oxygen atoms in total. The number of amides is 1. The van der Waals surface area contributed by atoms with Crippen molar-refractivity contribution in [1.29, 1.82) is 0 Å². The van der Waals surface area contributed by atoms with Gasteiger partial charge in [-0.3, -0.25) is 4.79 Å². The maximum Gasteiger partial charge on any atom is 0.220 e. The van der Waals surface area contributed by atoms with Gasteiger partial charge in [0, 0.05) is 19.0 Å². The number of carbonyl (C=O) groups is 1. The predicted molar refractivity (Wildman–Crippen MR) is 81.6 cm³/mol. The summed E-state index contributed by atoms with van der Waals surface area (Å²) in [5.74, 6) is 2.16. The molecule has 116 valence electrons. The number of hydrogen-bond acceptors (Lipinski definition) is 4. The van der Waals surface area contributed by atoms with Crippen LogP contribution in [0.15, 0.2) is 18.2 Å². The largest absolute Gasteiger partial charge is 0.497 e. The van der Waals surface area contributed by atoms with Gasteiger partial charge in [-0.25, -0.2) is 0 Å². The van der Waals surface area contributed by atoms with Crippen LogP contribution in [0.3, 0.4) is 0 Å². The maximum absolute atomic E-state index is 12.0. The minimum absolute atomic E-state index is 0.0437. The first-order valence-electron chi connectivity index (χ1n) is 7.38. The quantitative estimate of drug-likeness (QED) is 0.761. The molecule has 1 amide bonds. The van der Waals surface area contributed by atoms with Crippen molar-refractivity contribution in [2.45, 2.75) is 31.7 Å². The Morgan fingerprint density at radius 2 is 2.14 bits per heavy atom. The van der Waals surface area contributed by atoms with Crippen molar-refractivity contribution in [2.24, 2.45) is 11.7 Å². The molecule has 1 unspecified atom stereocenters. The lowest BCUT2D eigenvalue weighted by Crippen LogP contribution is -2.41. The molecule has 1 fully saturated rings. The van der Waals surface area contributed by atoms with Gasteiger partial charge in [0.25, 0.3) is 0 Å². The average molecular weight is 292 g/mol. The minimum atomic E-state index is 0.0437. The van der Waals surface area contributed by atoms with Gasteiger partial charge in [0.1, 0.15) is 11.5 Å². The molecule has 1 aliphatic carbocycles. The minimum Gasteiger partial charge on any atom is -0.497 e. The Balaban J connectivity index is 1.90. The van der Waals surface area contributed by atoms with E-state index in [0.29, 0.717) is 25.3 Å². The summed E-state index contributed by atoms with van der Waals surface area (Å²) in [5.41, 5.74) is 6.68. The number of hydrogen-bond donors (Lipinski definition) is 2. The second-order valence-electron chi connectivity index (χ2n) is 5.42. The van der Waals surface area contributed by atoms with Crippen molar-refractivity contribution in [1.82, 2.24) is 5.32 Å². The van der Waals surface area contributed by atoms with Crippen LogP contribution in [0, 0.1) is 5.92 Å². The smallest absolute Gasteiger partial charge is 0.220 e. The summed E-state index contributed by atoms with van der Waals surface area (Å²) in [5, 5.41) is 3.03. The van der Waals surface area contributed by atoms with E-state index in [1.165, 1.54) is 12.8 Å². The highest BCUT2D eigenvalue weighted by molar-refractivity contribution is 5.76. The zero-order valence-corrected chi connectivity index (χ0v) is 12.7. The number of methoxy groups -OCH3 is 2. The summed E-state index contributed by atoms with van der Waals surface area (Å²) in [6.07, 6.45) is 3.39. The molecule has 1 atom stereocenters. The monoisotopic (exact) mass is 292 g/mol. The van der Waals surface area contributed by atoms with Crippen LogP contribution in [0.1, 0.15) is 24.8 Å². The SMILES string of the molecule is COc1ccc(OC)c(CCC(=O)NC(CN)C2CC2)c1. The Morgan fingerprint density at radius 1 is 1.38 bits per heavy atom. The number of rotatable bonds is 8. The summed E-state index contributed by atoms with van der Waals surface area (Å²) in [6, 6.07) is 5.75. The topological polar surface area (TPSA) is 73.6 Å². The third-order valence-electron chi connectivity index (χ3n) is 3.90. The molecular formula is C16H24N2O3. The van der Waals surface area contributed by atoms with Crippen LogP contribution in [0.2, 0.25) is 0 Å². The molecule has 5 heteroatoms. The van der Waals surface area contributed by atoms with E-state index in [9.17, 15) is 4.79 Å². The first-order chi connectivity index (χ1) is 10.2. The van der Waals surface area contributed by atoms with Crippen LogP contribution in [0.5, 0.6) is 11.5 Å². The molecule has 1 aliphatic rings. The van der Waals surface area contributed by atoms with Gasteiger partial charge >= 0.3 is 0 Å². The van der Waals surface area contributed by atoms with Crippen molar-refractivity contribution in [3.8, 4) is 11.5 Å². The molecule has 0 heterocycles. The third-order valence-corrected chi connectivity index (χ3v) is 3.90. The molecule has 0 aromatic heterocycles. The fourth-order valence-corrected chi connectivity index (χ4v) is 2.47. The van der Waals surface area contributed by atoms with Crippen LogP contribution in [0.25, 0.3) is 0 Å². The molecule has 0 radical (unpaired) electrons. The number of aryl methyl sites for hydroxylation is 1. The Hall–Kier alpha value is -1.75. The predicted octanol–water partition coefficient (Wildman–Crippen LogP) is 1.49. The second kappa shape index (κ2) is 7.31. The standard InChI is InChI=1S/C16H24N2O3/c1-20-13-6-7-15(21-2)12(9-13)5-8-16(19)18-14(10-17)11-3-4-11/h6-7,9,11,14H,3-5,8,10,17H2,1-2H3,(H,18,19). The molecule has 3 N–H and O–H groups in total. The summed E-state index contributed by atoms with van der Waals surface area (Å²) < 4.78 is 10.5. The second-order valence-corrected chi connectivity index (χ2v) is 5.42. The van der Waals surface area contributed by atoms with Gasteiger partial charge in [0.15, 0.2) is 0 Å². The molecule has 0 spiro atoms. The molecule has 0 aliphatic heterocycles. The lowest BCUT2D eigenvalue weighted by atomic mass is 10.1. The van der Waals surface area contributed by atoms with E-state index >= 15 is 0 Å². The Morgan fingerprint density at radius 3 is 2.71 bits per heavy atom. The van der Waals surface area contributed by atoms with E-state index in [0.717, 1.165) is 17.1 Å². The fourth-order valence-electron chi connectivity index (χ4n) is 2.47. The average Bonchev–Trinajstić information content (AvgIpc) is 3.34. The van der Waals surface area contributed by atoms with Crippen molar-refractivity contribution in [3.63, 3.8) is 0 Å². The first-order valence-corrected chi connectivity index (χ1v) is 7.38. The van der Waals surface area contributed by atoms with Crippen LogP contribution >= 0.6 is 0 Å². The van der Waals surface area contributed by atoms with Gasteiger partial charge in [0.2, 0.25) is 5.91 Å². The number of ether oxygens (including phenoxy) is 2. The molecule has 1 saturated carbocycles. The van der Waals surface area contributed by atoms with Crippen molar-refractivity contribution >= 4 is 5.91 Å². The molecule has 0 saturated heterocycles. The third kappa shape index (κ3) is 4.36. The highest BCUT2D eigenvalue weighted by Gasteiger charge is 2.31. The number of nitrogens with two attached hydrogens (primary N) is 1. The fraction of sp³-hybridized carbons (Fsp3) is 0.562. The van der Waals surface area contributed by atoms with Gasteiger partial charge in [-0.2, -0.15) is 0 Å². The lowest BCUT2D eigenvalue weighted by molar-refractivity contribution is -0.121. The Labute approximate surface area is 125 Å². The van der Waals surface area contributed by atoms with E-state index in [4.69, 9.17) is 15.2 Å². The van der Waals surface area contributed by atoms with Crippen LogP contribution in [-0.2, 0) is 11.2 Å². The molecule has 21 heavy (non-hydrogen) atoms. The normalized spacial score (nSPS) is 15.4. The zero-order valence-electron chi connectivity index (χ0n) is 12.7. The highest BCUT2D eigenvalue weighted by Crippen LogP contribution is 2.32. The van der Waals surface area contributed by atoms with Gasteiger partial charge in [-0.05, 0) is 48.9 Å². The molecular weight excluding hydrogens is 268 g/mol. The lowest BCUT2D eigenvalue weighted by Gasteiger charge is -2.16. The first kappa shape index (κ1) is 15.6. The van der Waals surface area contributed by atoms with E-state index in [-0.39, 0.29) is 11.9 Å². The molecule has 2 rings (SSSR count). The van der Waals surface area contributed by atoms with Crippen molar-refractivity contribution in [2.75, 3.05) is 20.8 Å². The molecule has 1 aromatic carbocycles. The summed E-state index contributed by atoms with van der Waals surface area (Å²) in [4.78, 5) is 12.0. The van der Waals surface area contributed by atoms with Crippen molar-refractivity contribution < 1.29 is 14.3 Å². The summed E-state index contributed by atoms with van der Waals surface area (Å²) >= 11 is 0. The van der Waals surface area contributed by atoms with Crippen LogP contribution in [-0.4, -0.2) is 32.7 Å². The number of benzene rings is 1. The number of carbonyl (C=O) groups excluding carboxylic acids is 1. The zero-order chi connectivity index (χ0) is 15.2. The molecule has 1 aromatic rings. The van der Waals surface area contributed by atoms with Gasteiger partial charge in [-0.15, -0.1) is 0 Å². The summed E-state index contributed by atoms with van der Waals surface area (Å²) in [6.45, 7) is 0.513. The van der Waals surface area contributed by atoms with E-state index in [2.05, 4.69) is 5.32 Å². The summed E-state index contributed by atoms with van der Waals surface area (Å²) in [7, 11) is 3.25. The van der Waals surface area contributed by atoms with Crippen molar-refractivity contribution in [3.05, 3.63) is 23.8 Å². The Bertz CT molecular complexity index is 486. The van der Waals surface area contributed by atoms with Crippen LogP contribution in [0.4, 0.5) is 0 Å². The van der Waals surface area contributed by atoms with Gasteiger partial charge in [0.05, 0.1) is 14.2 Å². The van der Waals surface area contributed by atoms with Gasteiger partial charge in [-0.1, -0.05) is 0 Å². The van der Waals surface area contributed by atoms with E-state index in [1.54, 1.807) is 14.2 Å². The molecule has 0 bridgehead atoms. The number of nitrogens with one attached hydrogen (secondary N) is 1. The van der Waals surface area contributed by atoms with Gasteiger partial charge < -0.3 is 20.5 Å². The van der Waals surface area contributed by atoms with Crippen LogP contribution < -0.4 is 20.5 Å².